The van der Waals surface area contributed by atoms with Gasteiger partial charge in [0.15, 0.2) is 5.78 Å². The molecule has 0 unspecified atom stereocenters. The van der Waals surface area contributed by atoms with E-state index in [1.807, 2.05) is 6.07 Å². The maximum absolute atomic E-state index is 14.6. The Morgan fingerprint density at radius 2 is 2.00 bits per heavy atom. The highest BCUT2D eigenvalue weighted by molar-refractivity contribution is 6.03. The Morgan fingerprint density at radius 1 is 1.35 bits per heavy atom. The minimum absolute atomic E-state index is 0.0523. The molecule has 3 rings (SSSR count). The summed E-state index contributed by atoms with van der Waals surface area (Å²) in [6.07, 6.45) is 4.90. The van der Waals surface area contributed by atoms with E-state index in [9.17, 15) is 23.6 Å². The molecule has 1 spiro atoms. The van der Waals surface area contributed by atoms with E-state index in [0.717, 1.165) is 17.0 Å². The molecular weight excluding hydrogens is 340 g/mol. The van der Waals surface area contributed by atoms with Gasteiger partial charge in [0.1, 0.15) is 6.07 Å². The zero-order chi connectivity index (χ0) is 19.2. The first-order valence-corrected chi connectivity index (χ1v) is 8.37. The number of ketones is 1. The number of pyridine rings is 1. The number of halogens is 2. The lowest BCUT2D eigenvalue weighted by Gasteiger charge is -2.38. The number of allylic oxidation sites excluding steroid dienone is 1. The zero-order valence-corrected chi connectivity index (χ0v) is 14.6. The lowest BCUT2D eigenvalue weighted by molar-refractivity contribution is -0.158. The van der Waals surface area contributed by atoms with Crippen LogP contribution in [0.1, 0.15) is 32.3 Å². The van der Waals surface area contributed by atoms with Crippen molar-refractivity contribution in [2.75, 3.05) is 13.1 Å². The lowest BCUT2D eigenvalue weighted by atomic mass is 9.64. The standard InChI is InChI=1S/C19H19F2N3O2/c1-17(2)11-18(9-13(10-22)15(17)25)5-8-24(12-18)16(26)19(20,21)14-3-6-23-7-4-14/h3-4,6-7,9H,5,8,11-12H2,1-2H3/t18-/m1/s1. The van der Waals surface area contributed by atoms with Crippen LogP contribution in [0.3, 0.4) is 0 Å². The SMILES string of the molecule is CC1(C)C[C@]2(C=C(C#N)C1=O)CCN(C(=O)C(F)(F)c1ccncc1)C2. The van der Waals surface area contributed by atoms with Gasteiger partial charge < -0.3 is 4.90 Å². The van der Waals surface area contributed by atoms with Crippen LogP contribution in [0, 0.1) is 22.2 Å². The van der Waals surface area contributed by atoms with Crippen LogP contribution in [0.25, 0.3) is 0 Å². The van der Waals surface area contributed by atoms with Crippen molar-refractivity contribution in [3.63, 3.8) is 0 Å². The summed E-state index contributed by atoms with van der Waals surface area (Å²) in [5.74, 6) is -5.14. The second kappa shape index (κ2) is 5.97. The van der Waals surface area contributed by atoms with Crippen molar-refractivity contribution >= 4 is 11.7 Å². The largest absolute Gasteiger partial charge is 0.350 e. The average Bonchev–Trinajstić information content (AvgIpc) is 3.01. The molecule has 2 aliphatic rings. The molecule has 2 heterocycles. The van der Waals surface area contributed by atoms with Crippen molar-refractivity contribution in [2.45, 2.75) is 32.6 Å². The highest BCUT2D eigenvalue weighted by Gasteiger charge is 2.52. The fourth-order valence-corrected chi connectivity index (χ4v) is 4.05. The van der Waals surface area contributed by atoms with Crippen LogP contribution in [0.5, 0.6) is 0 Å². The number of carbonyl (C=O) groups is 2. The third-order valence-electron chi connectivity index (χ3n) is 5.21. The molecule has 1 amide bonds. The number of nitriles is 1. The van der Waals surface area contributed by atoms with Crippen molar-refractivity contribution in [1.82, 2.24) is 9.88 Å². The van der Waals surface area contributed by atoms with Gasteiger partial charge in [0.2, 0.25) is 0 Å². The number of nitrogens with zero attached hydrogens (tertiary/aromatic N) is 3. The topological polar surface area (TPSA) is 74.1 Å². The molecule has 0 saturated carbocycles. The van der Waals surface area contributed by atoms with Gasteiger partial charge in [-0.3, -0.25) is 14.6 Å². The van der Waals surface area contributed by atoms with Crippen LogP contribution in [0.2, 0.25) is 0 Å². The van der Waals surface area contributed by atoms with Gasteiger partial charge >= 0.3 is 5.92 Å². The molecule has 136 valence electrons. The van der Waals surface area contributed by atoms with Crippen LogP contribution >= 0.6 is 0 Å². The maximum atomic E-state index is 14.6. The molecule has 1 aromatic rings. The lowest BCUT2D eigenvalue weighted by Crippen LogP contribution is -2.44. The van der Waals surface area contributed by atoms with Crippen LogP contribution in [-0.4, -0.2) is 34.7 Å². The Labute approximate surface area is 150 Å². The molecule has 1 aromatic heterocycles. The number of rotatable bonds is 2. The molecule has 26 heavy (non-hydrogen) atoms. The number of amides is 1. The summed E-state index contributed by atoms with van der Waals surface area (Å²) in [5.41, 5.74) is -1.72. The van der Waals surface area contributed by atoms with E-state index in [4.69, 9.17) is 0 Å². The number of hydrogen-bond donors (Lipinski definition) is 0. The number of Topliss-reactive ketones (excluding diaryl/α,β-unsaturated/α-hetero) is 1. The normalized spacial score (nSPS) is 25.1. The molecule has 0 bridgehead atoms. The van der Waals surface area contributed by atoms with E-state index in [2.05, 4.69) is 4.98 Å². The Bertz CT molecular complexity index is 827. The minimum Gasteiger partial charge on any atom is -0.336 e. The molecule has 1 saturated heterocycles. The van der Waals surface area contributed by atoms with Gasteiger partial charge in [-0.15, -0.1) is 0 Å². The third-order valence-corrected chi connectivity index (χ3v) is 5.21. The third kappa shape index (κ3) is 2.90. The first kappa shape index (κ1) is 18.2. The van der Waals surface area contributed by atoms with E-state index in [-0.39, 0.29) is 24.4 Å². The molecule has 1 atom stereocenters. The fourth-order valence-electron chi connectivity index (χ4n) is 4.05. The minimum atomic E-state index is -3.64. The summed E-state index contributed by atoms with van der Waals surface area (Å²) < 4.78 is 29.1. The second-order valence-corrected chi connectivity index (χ2v) is 7.71. The highest BCUT2D eigenvalue weighted by Crippen LogP contribution is 2.48. The van der Waals surface area contributed by atoms with Gasteiger partial charge in [0.05, 0.1) is 5.57 Å². The zero-order valence-electron chi connectivity index (χ0n) is 14.6. The first-order chi connectivity index (χ1) is 12.1. The van der Waals surface area contributed by atoms with Crippen molar-refractivity contribution in [1.29, 1.82) is 5.26 Å². The summed E-state index contributed by atoms with van der Waals surface area (Å²) in [6, 6.07) is 4.16. The van der Waals surface area contributed by atoms with E-state index in [1.165, 1.54) is 12.4 Å². The molecule has 1 aliphatic carbocycles. The smallest absolute Gasteiger partial charge is 0.336 e. The van der Waals surface area contributed by atoms with Crippen molar-refractivity contribution in [2.24, 2.45) is 10.8 Å². The number of alkyl halides is 2. The van der Waals surface area contributed by atoms with Crippen molar-refractivity contribution < 1.29 is 18.4 Å². The summed E-state index contributed by atoms with van der Waals surface area (Å²) in [7, 11) is 0. The number of hydrogen-bond acceptors (Lipinski definition) is 4. The first-order valence-electron chi connectivity index (χ1n) is 8.37. The molecule has 0 aromatic carbocycles. The Hall–Kier alpha value is -2.62. The van der Waals surface area contributed by atoms with Gasteiger partial charge in [-0.1, -0.05) is 19.9 Å². The average molecular weight is 359 g/mol. The number of aromatic nitrogens is 1. The molecule has 5 nitrogen and oxygen atoms in total. The number of likely N-dealkylation sites (tertiary alicyclic amines) is 1. The fraction of sp³-hybridized carbons (Fsp3) is 0.474. The predicted octanol–water partition coefficient (Wildman–Crippen LogP) is 2.84. The second-order valence-electron chi connectivity index (χ2n) is 7.71. The van der Waals surface area contributed by atoms with E-state index in [1.54, 1.807) is 19.9 Å². The monoisotopic (exact) mass is 359 g/mol. The van der Waals surface area contributed by atoms with E-state index >= 15 is 0 Å². The molecule has 0 N–H and O–H groups in total. The summed E-state index contributed by atoms with van der Waals surface area (Å²) in [5, 5.41) is 9.24. The van der Waals surface area contributed by atoms with Crippen LogP contribution < -0.4 is 0 Å². The Kier molecular flexibility index (Phi) is 4.18. The maximum Gasteiger partial charge on any atom is 0.350 e. The quantitative estimate of drug-likeness (QED) is 0.814. The van der Waals surface area contributed by atoms with Gasteiger partial charge in [0, 0.05) is 41.9 Å². The Balaban J connectivity index is 1.87. The molecular formula is C19H19F2N3O2. The number of carbonyl (C=O) groups excluding carboxylic acids is 2. The predicted molar refractivity (Wildman–Crippen MR) is 88.9 cm³/mol. The van der Waals surface area contributed by atoms with Crippen LogP contribution in [-0.2, 0) is 15.5 Å². The summed E-state index contributed by atoms with van der Waals surface area (Å²) in [6.45, 7) is 3.74. The van der Waals surface area contributed by atoms with Gasteiger partial charge in [-0.2, -0.15) is 14.0 Å². The van der Waals surface area contributed by atoms with Gasteiger partial charge in [-0.05, 0) is 25.0 Å². The van der Waals surface area contributed by atoms with Crippen molar-refractivity contribution in [3.8, 4) is 6.07 Å². The van der Waals surface area contributed by atoms with Gasteiger partial charge in [-0.25, -0.2) is 0 Å². The Morgan fingerprint density at radius 3 is 2.62 bits per heavy atom. The molecule has 1 aliphatic heterocycles. The van der Waals surface area contributed by atoms with E-state index < -0.39 is 28.2 Å². The molecule has 0 radical (unpaired) electrons. The summed E-state index contributed by atoms with van der Waals surface area (Å²) >= 11 is 0. The van der Waals surface area contributed by atoms with Gasteiger partial charge in [0.25, 0.3) is 5.91 Å². The van der Waals surface area contributed by atoms with Crippen molar-refractivity contribution in [3.05, 3.63) is 41.7 Å². The molecule has 1 fully saturated rings. The molecule has 7 heteroatoms. The summed E-state index contributed by atoms with van der Waals surface area (Å²) in [4.78, 5) is 29.6. The van der Waals surface area contributed by atoms with E-state index in [0.29, 0.717) is 12.8 Å². The van der Waals surface area contributed by atoms with Crippen LogP contribution in [0.15, 0.2) is 36.2 Å². The van der Waals surface area contributed by atoms with Crippen LogP contribution in [0.4, 0.5) is 8.78 Å². The highest BCUT2D eigenvalue weighted by atomic mass is 19.3.